The minimum absolute atomic E-state index is 0.293. The average Bonchev–Trinajstić information content (AvgIpc) is 3.15. The second-order valence-corrected chi connectivity index (χ2v) is 6.76. The zero-order valence-electron chi connectivity index (χ0n) is 13.8. The van der Waals surface area contributed by atoms with Gasteiger partial charge in [-0.25, -0.2) is 9.18 Å². The first-order valence-electron chi connectivity index (χ1n) is 8.14. The van der Waals surface area contributed by atoms with Crippen molar-refractivity contribution in [2.75, 3.05) is 11.9 Å². The van der Waals surface area contributed by atoms with Crippen molar-refractivity contribution in [2.45, 2.75) is 26.2 Å². The molecule has 0 fully saturated rings. The number of carbonyl (C=O) groups is 2. The fourth-order valence-electron chi connectivity index (χ4n) is 2.81. The van der Waals surface area contributed by atoms with E-state index in [1.165, 1.54) is 29.5 Å². The molecule has 4 nitrogen and oxygen atoms in total. The highest BCUT2D eigenvalue weighted by molar-refractivity contribution is 7.17. The average molecular weight is 359 g/mol. The van der Waals surface area contributed by atoms with Crippen molar-refractivity contribution < 1.29 is 18.7 Å². The van der Waals surface area contributed by atoms with Crippen LogP contribution in [0.25, 0.3) is 6.08 Å². The molecule has 0 spiro atoms. The van der Waals surface area contributed by atoms with Gasteiger partial charge in [-0.2, -0.15) is 0 Å². The molecule has 0 aliphatic heterocycles. The molecule has 1 aromatic heterocycles. The van der Waals surface area contributed by atoms with Crippen LogP contribution in [-0.4, -0.2) is 18.5 Å². The molecule has 130 valence electrons. The summed E-state index contributed by atoms with van der Waals surface area (Å²) in [5, 5.41) is 3.32. The minimum Gasteiger partial charge on any atom is -0.462 e. The molecule has 1 N–H and O–H groups in total. The van der Waals surface area contributed by atoms with Crippen LogP contribution in [0.15, 0.2) is 30.3 Å². The summed E-state index contributed by atoms with van der Waals surface area (Å²) >= 11 is 1.44. The lowest BCUT2D eigenvalue weighted by Gasteiger charge is -2.06. The van der Waals surface area contributed by atoms with Crippen LogP contribution in [0, 0.1) is 5.82 Å². The van der Waals surface area contributed by atoms with Gasteiger partial charge in [-0.05, 0) is 55.5 Å². The third kappa shape index (κ3) is 3.96. The molecule has 0 atom stereocenters. The normalized spacial score (nSPS) is 13.0. The van der Waals surface area contributed by atoms with E-state index < -0.39 is 0 Å². The Bertz CT molecular complexity index is 824. The Morgan fingerprint density at radius 2 is 2.04 bits per heavy atom. The van der Waals surface area contributed by atoms with Crippen molar-refractivity contribution in [3.63, 3.8) is 0 Å². The van der Waals surface area contributed by atoms with Crippen LogP contribution in [-0.2, 0) is 22.4 Å². The minimum atomic E-state index is -0.389. The first kappa shape index (κ1) is 17.4. The molecule has 1 aromatic carbocycles. The molecule has 1 aliphatic rings. The van der Waals surface area contributed by atoms with Crippen molar-refractivity contribution in [3.8, 4) is 0 Å². The Kier molecular flexibility index (Phi) is 5.28. The van der Waals surface area contributed by atoms with E-state index in [2.05, 4.69) is 5.32 Å². The summed E-state index contributed by atoms with van der Waals surface area (Å²) in [5.41, 5.74) is 2.21. The van der Waals surface area contributed by atoms with Gasteiger partial charge in [-0.15, -0.1) is 11.3 Å². The number of anilines is 1. The Labute approximate surface area is 149 Å². The van der Waals surface area contributed by atoms with Crippen LogP contribution < -0.4 is 5.32 Å². The molecule has 6 heteroatoms. The Morgan fingerprint density at radius 1 is 1.28 bits per heavy atom. The Balaban J connectivity index is 1.77. The quantitative estimate of drug-likeness (QED) is 0.643. The Hall–Kier alpha value is -2.47. The van der Waals surface area contributed by atoms with E-state index in [-0.39, 0.29) is 17.7 Å². The number of hydrogen-bond acceptors (Lipinski definition) is 4. The fourth-order valence-corrected chi connectivity index (χ4v) is 4.09. The molecule has 0 radical (unpaired) electrons. The zero-order valence-corrected chi connectivity index (χ0v) is 14.6. The topological polar surface area (TPSA) is 55.4 Å². The third-order valence-corrected chi connectivity index (χ3v) is 5.14. The van der Waals surface area contributed by atoms with Gasteiger partial charge in [0.05, 0.1) is 12.2 Å². The molecule has 0 bridgehead atoms. The van der Waals surface area contributed by atoms with Gasteiger partial charge in [0.2, 0.25) is 5.91 Å². The van der Waals surface area contributed by atoms with E-state index in [0.29, 0.717) is 17.2 Å². The molecular weight excluding hydrogens is 341 g/mol. The molecular formula is C19H18FNO3S. The molecule has 1 aliphatic carbocycles. The number of thiophene rings is 1. The number of benzene rings is 1. The highest BCUT2D eigenvalue weighted by Crippen LogP contribution is 2.39. The van der Waals surface area contributed by atoms with Gasteiger partial charge in [0, 0.05) is 11.0 Å². The van der Waals surface area contributed by atoms with Crippen molar-refractivity contribution in [1.82, 2.24) is 0 Å². The predicted octanol–water partition coefficient (Wildman–Crippen LogP) is 4.20. The third-order valence-electron chi connectivity index (χ3n) is 3.93. The maximum absolute atomic E-state index is 12.9. The lowest BCUT2D eigenvalue weighted by Crippen LogP contribution is -2.13. The van der Waals surface area contributed by atoms with Gasteiger partial charge in [-0.1, -0.05) is 12.1 Å². The lowest BCUT2D eigenvalue weighted by atomic mass is 10.1. The van der Waals surface area contributed by atoms with Crippen LogP contribution >= 0.6 is 11.3 Å². The number of hydrogen-bond donors (Lipinski definition) is 1. The van der Waals surface area contributed by atoms with Crippen LogP contribution in [0.5, 0.6) is 0 Å². The molecule has 1 amide bonds. The van der Waals surface area contributed by atoms with Crippen molar-refractivity contribution in [3.05, 3.63) is 57.7 Å². The Morgan fingerprint density at radius 3 is 2.76 bits per heavy atom. The van der Waals surface area contributed by atoms with E-state index in [1.54, 1.807) is 25.1 Å². The summed E-state index contributed by atoms with van der Waals surface area (Å²) in [6, 6.07) is 5.84. The highest BCUT2D eigenvalue weighted by atomic mass is 32.1. The second kappa shape index (κ2) is 7.61. The first-order valence-corrected chi connectivity index (χ1v) is 8.96. The van der Waals surface area contributed by atoms with E-state index in [0.717, 1.165) is 35.3 Å². The van der Waals surface area contributed by atoms with E-state index in [9.17, 15) is 14.0 Å². The van der Waals surface area contributed by atoms with Gasteiger partial charge in [0.1, 0.15) is 10.8 Å². The number of halogens is 1. The highest BCUT2D eigenvalue weighted by Gasteiger charge is 2.27. The largest absolute Gasteiger partial charge is 0.462 e. The second-order valence-electron chi connectivity index (χ2n) is 5.66. The lowest BCUT2D eigenvalue weighted by molar-refractivity contribution is -0.111. The van der Waals surface area contributed by atoms with Gasteiger partial charge in [-0.3, -0.25) is 4.79 Å². The number of fused-ring (bicyclic) bond motifs is 1. The SMILES string of the molecule is CCOC(=O)c1c(NC(=O)/C=C/c2ccc(F)cc2)sc2c1CCC2. The summed E-state index contributed by atoms with van der Waals surface area (Å²) in [5.74, 6) is -1.05. The summed E-state index contributed by atoms with van der Waals surface area (Å²) < 4.78 is 18.0. The number of rotatable bonds is 5. The van der Waals surface area contributed by atoms with Gasteiger partial charge in [0.25, 0.3) is 0 Å². The number of esters is 1. The number of carbonyl (C=O) groups excluding carboxylic acids is 2. The molecule has 25 heavy (non-hydrogen) atoms. The number of aryl methyl sites for hydroxylation is 1. The number of ether oxygens (including phenoxy) is 1. The molecule has 2 aromatic rings. The van der Waals surface area contributed by atoms with Gasteiger partial charge >= 0.3 is 5.97 Å². The standard InChI is InChI=1S/C19H18FNO3S/c1-2-24-19(23)17-14-4-3-5-15(14)25-18(17)21-16(22)11-8-12-6-9-13(20)10-7-12/h6-11H,2-5H2,1H3,(H,21,22)/b11-8+. The summed E-state index contributed by atoms with van der Waals surface area (Å²) in [7, 11) is 0. The van der Waals surface area contributed by atoms with Crippen LogP contribution in [0.2, 0.25) is 0 Å². The molecule has 0 unspecified atom stereocenters. The van der Waals surface area contributed by atoms with Crippen molar-refractivity contribution in [2.24, 2.45) is 0 Å². The van der Waals surface area contributed by atoms with Crippen molar-refractivity contribution >= 4 is 34.3 Å². The van der Waals surface area contributed by atoms with Crippen LogP contribution in [0.1, 0.15) is 39.7 Å². The van der Waals surface area contributed by atoms with Crippen molar-refractivity contribution in [1.29, 1.82) is 0 Å². The molecule has 1 heterocycles. The zero-order chi connectivity index (χ0) is 17.8. The van der Waals surface area contributed by atoms with E-state index >= 15 is 0 Å². The number of amides is 1. The first-order chi connectivity index (χ1) is 12.1. The van der Waals surface area contributed by atoms with E-state index in [1.807, 2.05) is 0 Å². The summed E-state index contributed by atoms with van der Waals surface area (Å²) in [4.78, 5) is 25.6. The fraction of sp³-hybridized carbons (Fsp3) is 0.263. The maximum atomic E-state index is 12.9. The molecule has 3 rings (SSSR count). The monoisotopic (exact) mass is 359 g/mol. The van der Waals surface area contributed by atoms with Gasteiger partial charge < -0.3 is 10.1 Å². The van der Waals surface area contributed by atoms with Gasteiger partial charge in [0.15, 0.2) is 0 Å². The summed E-state index contributed by atoms with van der Waals surface area (Å²) in [6.45, 7) is 2.05. The summed E-state index contributed by atoms with van der Waals surface area (Å²) in [6.07, 6.45) is 5.74. The van der Waals surface area contributed by atoms with Crippen LogP contribution in [0.3, 0.4) is 0 Å². The predicted molar refractivity (Wildman–Crippen MR) is 96.4 cm³/mol. The van der Waals surface area contributed by atoms with Crippen LogP contribution in [0.4, 0.5) is 9.39 Å². The molecule has 0 saturated heterocycles. The smallest absolute Gasteiger partial charge is 0.341 e. The van der Waals surface area contributed by atoms with E-state index in [4.69, 9.17) is 4.74 Å². The maximum Gasteiger partial charge on any atom is 0.341 e. The number of nitrogens with one attached hydrogen (secondary N) is 1. The molecule has 0 saturated carbocycles.